The molecule has 0 aliphatic heterocycles. The van der Waals surface area contributed by atoms with E-state index in [4.69, 9.17) is 5.73 Å². The van der Waals surface area contributed by atoms with Gasteiger partial charge in [0.05, 0.1) is 0 Å². The molecule has 0 amide bonds. The van der Waals surface area contributed by atoms with Crippen LogP contribution in [0.3, 0.4) is 0 Å². The molecule has 1 aliphatic rings. The van der Waals surface area contributed by atoms with Gasteiger partial charge in [-0.2, -0.15) is 0 Å². The number of rotatable bonds is 3. The molecule has 0 heterocycles. The fourth-order valence-electron chi connectivity index (χ4n) is 2.14. The van der Waals surface area contributed by atoms with E-state index >= 15 is 0 Å². The maximum atomic E-state index is 6.02. The van der Waals surface area contributed by atoms with E-state index in [1.807, 2.05) is 18.2 Å². The van der Waals surface area contributed by atoms with E-state index in [9.17, 15) is 0 Å². The fourth-order valence-corrected chi connectivity index (χ4v) is 2.14. The van der Waals surface area contributed by atoms with Crippen molar-refractivity contribution in [2.45, 2.75) is 18.9 Å². The van der Waals surface area contributed by atoms with E-state index in [1.165, 1.54) is 0 Å². The zero-order valence-electron chi connectivity index (χ0n) is 8.15. The normalized spacial score (nSPS) is 39.5. The molecular formula is C12H19N. The second kappa shape index (κ2) is 4.43. The zero-order chi connectivity index (χ0) is 9.84. The molecule has 1 nitrogen and oxygen atoms in total. The molecule has 0 bridgehead atoms. The Morgan fingerprint density at radius 2 is 1.31 bits per heavy atom. The summed E-state index contributed by atoms with van der Waals surface area (Å²) in [6.45, 7) is 11.5. The van der Waals surface area contributed by atoms with Crippen LogP contribution >= 0.6 is 0 Å². The number of nitrogens with two attached hydrogens (primary N) is 1. The summed E-state index contributed by atoms with van der Waals surface area (Å²) in [5.74, 6) is 1.48. The second-order valence-electron chi connectivity index (χ2n) is 3.83. The van der Waals surface area contributed by atoms with Gasteiger partial charge >= 0.3 is 0 Å². The van der Waals surface area contributed by atoms with E-state index in [-0.39, 0.29) is 6.04 Å². The van der Waals surface area contributed by atoms with Gasteiger partial charge in [0, 0.05) is 6.04 Å². The Morgan fingerprint density at radius 3 is 1.77 bits per heavy atom. The van der Waals surface area contributed by atoms with E-state index in [1.54, 1.807) is 0 Å². The third-order valence-corrected chi connectivity index (χ3v) is 3.10. The summed E-state index contributed by atoms with van der Waals surface area (Å²) in [7, 11) is 0. The van der Waals surface area contributed by atoms with Gasteiger partial charge in [-0.1, -0.05) is 18.2 Å². The Morgan fingerprint density at radius 1 is 0.846 bits per heavy atom. The topological polar surface area (TPSA) is 26.0 Å². The van der Waals surface area contributed by atoms with Gasteiger partial charge in [0.15, 0.2) is 0 Å². The highest BCUT2D eigenvalue weighted by Gasteiger charge is 2.30. The molecule has 0 saturated heterocycles. The van der Waals surface area contributed by atoms with Gasteiger partial charge in [0.1, 0.15) is 0 Å². The molecule has 1 heteroatoms. The molecule has 1 rings (SSSR count). The lowest BCUT2D eigenvalue weighted by Crippen LogP contribution is -2.38. The maximum absolute atomic E-state index is 6.02. The van der Waals surface area contributed by atoms with Gasteiger partial charge in [-0.15, -0.1) is 19.7 Å². The van der Waals surface area contributed by atoms with Gasteiger partial charge in [0.25, 0.3) is 0 Å². The predicted octanol–water partition coefficient (Wildman–Crippen LogP) is 2.51. The van der Waals surface area contributed by atoms with Crippen molar-refractivity contribution < 1.29 is 0 Å². The molecule has 0 spiro atoms. The molecule has 0 aromatic rings. The van der Waals surface area contributed by atoms with E-state index in [2.05, 4.69) is 19.7 Å². The van der Waals surface area contributed by atoms with Crippen molar-refractivity contribution in [3.8, 4) is 0 Å². The Hall–Kier alpha value is -0.820. The summed E-state index contributed by atoms with van der Waals surface area (Å²) in [6, 6.07) is 0.247. The third kappa shape index (κ3) is 2.10. The van der Waals surface area contributed by atoms with Gasteiger partial charge in [0.2, 0.25) is 0 Å². The van der Waals surface area contributed by atoms with E-state index < -0.39 is 0 Å². The first-order valence-electron chi connectivity index (χ1n) is 4.86. The van der Waals surface area contributed by atoms with Crippen molar-refractivity contribution in [3.05, 3.63) is 38.0 Å². The van der Waals surface area contributed by atoms with Crippen LogP contribution in [0.4, 0.5) is 0 Å². The van der Waals surface area contributed by atoms with Crippen LogP contribution in [0.2, 0.25) is 0 Å². The van der Waals surface area contributed by atoms with Crippen molar-refractivity contribution in [2.24, 2.45) is 23.5 Å². The average molecular weight is 177 g/mol. The highest BCUT2D eigenvalue weighted by molar-refractivity contribution is 5.04. The van der Waals surface area contributed by atoms with Crippen LogP contribution in [0.5, 0.6) is 0 Å². The first-order valence-corrected chi connectivity index (χ1v) is 4.86. The molecule has 2 N–H and O–H groups in total. The highest BCUT2D eigenvalue weighted by atomic mass is 14.7. The molecule has 0 aromatic carbocycles. The minimum atomic E-state index is 0.247. The van der Waals surface area contributed by atoms with Crippen LogP contribution in [0.15, 0.2) is 38.0 Å². The molecule has 0 radical (unpaired) electrons. The molecule has 72 valence electrons. The smallest absolute Gasteiger partial charge is 0.0108 e. The van der Waals surface area contributed by atoms with Crippen LogP contribution < -0.4 is 5.73 Å². The van der Waals surface area contributed by atoms with Gasteiger partial charge < -0.3 is 5.73 Å². The van der Waals surface area contributed by atoms with Gasteiger partial charge in [-0.3, -0.25) is 0 Å². The standard InChI is InChI=1S/C12H19N/c1-4-9-7-11(6-3)12(13)8-10(9)5-2/h4-6,9-12H,1-3,7-8,13H2/t9?,10-,11-,12?/m1/s1. The van der Waals surface area contributed by atoms with Crippen molar-refractivity contribution in [1.82, 2.24) is 0 Å². The summed E-state index contributed by atoms with van der Waals surface area (Å²) in [5.41, 5.74) is 6.02. The molecule has 1 aliphatic carbocycles. The SMILES string of the molecule is C=CC1C[C@@H](C=C)C(N)C[C@H]1C=C. The Bertz CT molecular complexity index is 207. The molecular weight excluding hydrogens is 158 g/mol. The molecule has 0 aromatic heterocycles. The predicted molar refractivity (Wildman–Crippen MR) is 58.3 cm³/mol. The lowest BCUT2D eigenvalue weighted by atomic mass is 9.72. The minimum absolute atomic E-state index is 0.247. The summed E-state index contributed by atoms with van der Waals surface area (Å²) in [6.07, 6.45) is 8.09. The first-order chi connectivity index (χ1) is 6.22. The monoisotopic (exact) mass is 177 g/mol. The zero-order valence-corrected chi connectivity index (χ0v) is 8.15. The van der Waals surface area contributed by atoms with Crippen molar-refractivity contribution in [1.29, 1.82) is 0 Å². The largest absolute Gasteiger partial charge is 0.327 e. The fraction of sp³-hybridized carbons (Fsp3) is 0.500. The second-order valence-corrected chi connectivity index (χ2v) is 3.83. The average Bonchev–Trinajstić information content (AvgIpc) is 2.17. The number of hydrogen-bond donors (Lipinski definition) is 1. The summed E-state index contributed by atoms with van der Waals surface area (Å²) >= 11 is 0. The molecule has 4 atom stereocenters. The lowest BCUT2D eigenvalue weighted by molar-refractivity contribution is 0.253. The summed E-state index contributed by atoms with van der Waals surface area (Å²) in [5, 5.41) is 0. The Labute approximate surface area is 81.0 Å². The molecule has 13 heavy (non-hydrogen) atoms. The van der Waals surface area contributed by atoms with E-state index in [0.29, 0.717) is 17.8 Å². The number of hydrogen-bond acceptors (Lipinski definition) is 1. The van der Waals surface area contributed by atoms with Crippen molar-refractivity contribution in [2.75, 3.05) is 0 Å². The van der Waals surface area contributed by atoms with Crippen LogP contribution in [0, 0.1) is 17.8 Å². The van der Waals surface area contributed by atoms with Gasteiger partial charge in [-0.25, -0.2) is 0 Å². The summed E-state index contributed by atoms with van der Waals surface area (Å²) in [4.78, 5) is 0. The molecule has 2 unspecified atom stereocenters. The van der Waals surface area contributed by atoms with Crippen LogP contribution in [0.1, 0.15) is 12.8 Å². The van der Waals surface area contributed by atoms with Crippen LogP contribution in [-0.2, 0) is 0 Å². The van der Waals surface area contributed by atoms with Crippen LogP contribution in [0.25, 0.3) is 0 Å². The minimum Gasteiger partial charge on any atom is -0.327 e. The van der Waals surface area contributed by atoms with Crippen LogP contribution in [-0.4, -0.2) is 6.04 Å². The van der Waals surface area contributed by atoms with E-state index in [0.717, 1.165) is 12.8 Å². The highest BCUT2D eigenvalue weighted by Crippen LogP contribution is 2.34. The third-order valence-electron chi connectivity index (χ3n) is 3.10. The Kier molecular flexibility index (Phi) is 3.49. The molecule has 1 saturated carbocycles. The van der Waals surface area contributed by atoms with Crippen molar-refractivity contribution in [3.63, 3.8) is 0 Å². The lowest BCUT2D eigenvalue weighted by Gasteiger charge is -2.36. The van der Waals surface area contributed by atoms with Crippen molar-refractivity contribution >= 4 is 0 Å². The quantitative estimate of drug-likeness (QED) is 0.659. The maximum Gasteiger partial charge on any atom is 0.0108 e. The first kappa shape index (κ1) is 10.3. The Balaban J connectivity index is 2.70. The number of allylic oxidation sites excluding steroid dienone is 2. The molecule has 1 fully saturated rings. The summed E-state index contributed by atoms with van der Waals surface area (Å²) < 4.78 is 0. The van der Waals surface area contributed by atoms with Gasteiger partial charge in [-0.05, 0) is 30.6 Å².